The van der Waals surface area contributed by atoms with Crippen molar-refractivity contribution in [2.45, 2.75) is 32.8 Å². The first kappa shape index (κ1) is 16.0. The Bertz CT molecular complexity index is 424. The Kier molecular flexibility index (Phi) is 6.87. The quantitative estimate of drug-likeness (QED) is 0.720. The van der Waals surface area contributed by atoms with Crippen LogP contribution in [0.4, 0.5) is 5.69 Å². The van der Waals surface area contributed by atoms with Crippen molar-refractivity contribution in [1.82, 2.24) is 5.32 Å². The van der Waals surface area contributed by atoms with E-state index in [0.29, 0.717) is 19.4 Å². The van der Waals surface area contributed by atoms with Crippen LogP contribution in [0.3, 0.4) is 0 Å². The maximum atomic E-state index is 11.6. The molecule has 1 amide bonds. The summed E-state index contributed by atoms with van der Waals surface area (Å²) in [5, 5.41) is 15.2. The van der Waals surface area contributed by atoms with Crippen LogP contribution in [0.1, 0.15) is 25.3 Å². The number of anilines is 1. The van der Waals surface area contributed by atoms with Gasteiger partial charge in [0.15, 0.2) is 0 Å². The minimum Gasteiger partial charge on any atom is -0.393 e. The second-order valence-electron chi connectivity index (χ2n) is 4.51. The van der Waals surface area contributed by atoms with E-state index in [1.165, 1.54) is 0 Å². The highest BCUT2D eigenvalue weighted by Gasteiger charge is 2.05. The van der Waals surface area contributed by atoms with Gasteiger partial charge in [-0.3, -0.25) is 4.79 Å². The third-order valence-electron chi connectivity index (χ3n) is 2.90. The van der Waals surface area contributed by atoms with Crippen molar-refractivity contribution in [3.63, 3.8) is 0 Å². The molecular formula is C14H21BrN2O2. The van der Waals surface area contributed by atoms with Gasteiger partial charge in [0, 0.05) is 16.7 Å². The maximum Gasteiger partial charge on any atom is 0.239 e. The molecule has 1 atom stereocenters. The lowest BCUT2D eigenvalue weighted by Crippen LogP contribution is -2.32. The number of amides is 1. The number of rotatable bonds is 7. The fraction of sp³-hybridized carbons (Fsp3) is 0.500. The smallest absolute Gasteiger partial charge is 0.239 e. The highest BCUT2D eigenvalue weighted by atomic mass is 79.9. The molecule has 106 valence electrons. The molecule has 5 heteroatoms. The third kappa shape index (κ3) is 6.07. The van der Waals surface area contributed by atoms with Crippen molar-refractivity contribution in [2.75, 3.05) is 18.4 Å². The molecule has 0 saturated heterocycles. The number of aliphatic hydroxyl groups excluding tert-OH is 1. The summed E-state index contributed by atoms with van der Waals surface area (Å²) in [4.78, 5) is 11.6. The van der Waals surface area contributed by atoms with Crippen LogP contribution in [0.5, 0.6) is 0 Å². The van der Waals surface area contributed by atoms with E-state index in [2.05, 4.69) is 26.6 Å². The van der Waals surface area contributed by atoms with Crippen LogP contribution in [-0.2, 0) is 4.79 Å². The molecule has 0 aliphatic heterocycles. The summed E-state index contributed by atoms with van der Waals surface area (Å²) in [6.07, 6.45) is 0.980. The Morgan fingerprint density at radius 3 is 2.84 bits per heavy atom. The van der Waals surface area contributed by atoms with E-state index >= 15 is 0 Å². The standard InChI is InChI=1S/C14H21BrN2O2/c1-3-12(18)6-7-16-14(19)9-17-13-5-4-11(15)8-10(13)2/h4-5,8,12,17-18H,3,6-7,9H2,1-2H3,(H,16,19)/t12-/m1/s1. The molecule has 1 rings (SSSR count). The van der Waals surface area contributed by atoms with Crippen molar-refractivity contribution >= 4 is 27.5 Å². The van der Waals surface area contributed by atoms with E-state index in [9.17, 15) is 9.90 Å². The SMILES string of the molecule is CC[C@@H](O)CCNC(=O)CNc1ccc(Br)cc1C. The van der Waals surface area contributed by atoms with E-state index in [1.54, 1.807) is 0 Å². The third-order valence-corrected chi connectivity index (χ3v) is 3.39. The summed E-state index contributed by atoms with van der Waals surface area (Å²) >= 11 is 3.40. The average Bonchev–Trinajstić information content (AvgIpc) is 2.37. The molecule has 0 spiro atoms. The summed E-state index contributed by atoms with van der Waals surface area (Å²) in [5.74, 6) is -0.0642. The summed E-state index contributed by atoms with van der Waals surface area (Å²) in [5.41, 5.74) is 2.04. The summed E-state index contributed by atoms with van der Waals surface area (Å²) in [6.45, 7) is 4.66. The first-order chi connectivity index (χ1) is 9.02. The molecule has 0 fully saturated rings. The Balaban J connectivity index is 2.30. The van der Waals surface area contributed by atoms with Gasteiger partial charge in [0.05, 0.1) is 12.6 Å². The van der Waals surface area contributed by atoms with Crippen LogP contribution in [0.2, 0.25) is 0 Å². The van der Waals surface area contributed by atoms with E-state index in [4.69, 9.17) is 0 Å². The molecule has 0 bridgehead atoms. The van der Waals surface area contributed by atoms with Gasteiger partial charge in [0.1, 0.15) is 0 Å². The summed E-state index contributed by atoms with van der Waals surface area (Å²) in [6, 6.07) is 5.87. The topological polar surface area (TPSA) is 61.4 Å². The summed E-state index contributed by atoms with van der Waals surface area (Å²) in [7, 11) is 0. The number of halogens is 1. The molecule has 0 aromatic heterocycles. The van der Waals surface area contributed by atoms with Crippen molar-refractivity contribution in [1.29, 1.82) is 0 Å². The van der Waals surface area contributed by atoms with Crippen LogP contribution in [0, 0.1) is 6.92 Å². The number of aliphatic hydroxyl groups is 1. The second-order valence-corrected chi connectivity index (χ2v) is 5.43. The number of carbonyl (C=O) groups excluding carboxylic acids is 1. The number of hydrogen-bond donors (Lipinski definition) is 3. The largest absolute Gasteiger partial charge is 0.393 e. The second kappa shape index (κ2) is 8.17. The van der Waals surface area contributed by atoms with Gasteiger partial charge in [-0.2, -0.15) is 0 Å². The first-order valence-corrected chi connectivity index (χ1v) is 7.27. The van der Waals surface area contributed by atoms with Gasteiger partial charge >= 0.3 is 0 Å². The lowest BCUT2D eigenvalue weighted by Gasteiger charge is -2.11. The number of nitrogens with one attached hydrogen (secondary N) is 2. The molecule has 0 radical (unpaired) electrons. The highest BCUT2D eigenvalue weighted by Crippen LogP contribution is 2.19. The lowest BCUT2D eigenvalue weighted by molar-refractivity contribution is -0.119. The average molecular weight is 329 g/mol. The predicted molar refractivity (Wildman–Crippen MR) is 81.3 cm³/mol. The van der Waals surface area contributed by atoms with Crippen LogP contribution < -0.4 is 10.6 Å². The van der Waals surface area contributed by atoms with Crippen molar-refractivity contribution in [2.24, 2.45) is 0 Å². The van der Waals surface area contributed by atoms with Gasteiger partial charge < -0.3 is 15.7 Å². The minimum absolute atomic E-state index is 0.0642. The molecule has 1 aromatic carbocycles. The Hall–Kier alpha value is -1.07. The molecule has 0 aliphatic rings. The van der Waals surface area contributed by atoms with E-state index in [1.807, 2.05) is 32.0 Å². The zero-order valence-electron chi connectivity index (χ0n) is 11.4. The molecule has 4 nitrogen and oxygen atoms in total. The maximum absolute atomic E-state index is 11.6. The first-order valence-electron chi connectivity index (χ1n) is 6.47. The van der Waals surface area contributed by atoms with Crippen LogP contribution >= 0.6 is 15.9 Å². The van der Waals surface area contributed by atoms with Crippen LogP contribution in [-0.4, -0.2) is 30.2 Å². The van der Waals surface area contributed by atoms with Crippen LogP contribution in [0.15, 0.2) is 22.7 Å². The fourth-order valence-electron chi connectivity index (χ4n) is 1.65. The molecule has 3 N–H and O–H groups in total. The number of aryl methyl sites for hydroxylation is 1. The molecule has 19 heavy (non-hydrogen) atoms. The highest BCUT2D eigenvalue weighted by molar-refractivity contribution is 9.10. The minimum atomic E-state index is -0.332. The lowest BCUT2D eigenvalue weighted by atomic mass is 10.2. The summed E-state index contributed by atoms with van der Waals surface area (Å²) < 4.78 is 1.02. The molecule has 0 unspecified atom stereocenters. The monoisotopic (exact) mass is 328 g/mol. The van der Waals surface area contributed by atoms with Crippen molar-refractivity contribution < 1.29 is 9.90 Å². The predicted octanol–water partition coefficient (Wildman–Crippen LogP) is 2.45. The van der Waals surface area contributed by atoms with Gasteiger partial charge in [-0.05, 0) is 43.5 Å². The molecule has 0 heterocycles. The molecule has 1 aromatic rings. The Morgan fingerprint density at radius 1 is 1.47 bits per heavy atom. The Morgan fingerprint density at radius 2 is 2.21 bits per heavy atom. The van der Waals surface area contributed by atoms with E-state index in [0.717, 1.165) is 15.7 Å². The van der Waals surface area contributed by atoms with Gasteiger partial charge in [0.25, 0.3) is 0 Å². The number of benzene rings is 1. The zero-order valence-corrected chi connectivity index (χ0v) is 13.0. The zero-order chi connectivity index (χ0) is 14.3. The van der Waals surface area contributed by atoms with Gasteiger partial charge in [-0.25, -0.2) is 0 Å². The van der Waals surface area contributed by atoms with E-state index < -0.39 is 0 Å². The van der Waals surface area contributed by atoms with Gasteiger partial charge in [0.2, 0.25) is 5.91 Å². The Labute approximate surface area is 122 Å². The molecular weight excluding hydrogens is 308 g/mol. The van der Waals surface area contributed by atoms with Crippen molar-refractivity contribution in [3.05, 3.63) is 28.2 Å². The number of hydrogen-bond acceptors (Lipinski definition) is 3. The van der Waals surface area contributed by atoms with E-state index in [-0.39, 0.29) is 18.6 Å². The van der Waals surface area contributed by atoms with Crippen LogP contribution in [0.25, 0.3) is 0 Å². The van der Waals surface area contributed by atoms with Gasteiger partial charge in [-0.1, -0.05) is 22.9 Å². The normalized spacial score (nSPS) is 12.0. The van der Waals surface area contributed by atoms with Crippen molar-refractivity contribution in [3.8, 4) is 0 Å². The van der Waals surface area contributed by atoms with Gasteiger partial charge in [-0.15, -0.1) is 0 Å². The fourth-order valence-corrected chi connectivity index (χ4v) is 2.12. The molecule has 0 saturated carbocycles. The molecule has 0 aliphatic carbocycles. The number of carbonyl (C=O) groups is 1.